The molecule has 3 saturated carbocycles. The summed E-state index contributed by atoms with van der Waals surface area (Å²) in [6.45, 7) is 11.7. The maximum atomic E-state index is 9.03. The summed E-state index contributed by atoms with van der Waals surface area (Å²) in [6.07, 6.45) is 17.7. The Morgan fingerprint density at radius 3 is 2.46 bits per heavy atom. The molecule has 4 heteroatoms. The van der Waals surface area contributed by atoms with E-state index in [4.69, 9.17) is 22.1 Å². The summed E-state index contributed by atoms with van der Waals surface area (Å²) in [5.41, 5.74) is 2.58. The molecule has 0 radical (unpaired) electrons. The number of ether oxygens (including phenoxy) is 3. The molecular weight excluding hydrogens is 460 g/mol. The minimum Gasteiger partial charge on any atom is -0.394 e. The van der Waals surface area contributed by atoms with E-state index in [1.807, 2.05) is 0 Å². The van der Waals surface area contributed by atoms with Gasteiger partial charge in [-0.3, -0.25) is 0 Å². The zero-order valence-electron chi connectivity index (χ0n) is 26.6. The molecule has 37 heavy (non-hydrogen) atoms. The molecule has 0 saturated heterocycles. The van der Waals surface area contributed by atoms with Crippen molar-refractivity contribution >= 4 is 0 Å². The lowest BCUT2D eigenvalue weighted by molar-refractivity contribution is -0.0690. The maximum absolute atomic E-state index is 9.03. The van der Waals surface area contributed by atoms with E-state index in [-0.39, 0.29) is 13.2 Å². The van der Waals surface area contributed by atoms with Gasteiger partial charge in [-0.2, -0.15) is 0 Å². The van der Waals surface area contributed by atoms with Gasteiger partial charge in [0.15, 0.2) is 0 Å². The third-order valence-corrected chi connectivity index (χ3v) is 11.4. The second-order valence-electron chi connectivity index (χ2n) is 13.8. The van der Waals surface area contributed by atoms with Gasteiger partial charge in [0, 0.05) is 0 Å². The van der Waals surface area contributed by atoms with Gasteiger partial charge >= 0.3 is 0 Å². The predicted molar refractivity (Wildman–Crippen MR) is 152 cm³/mol. The van der Waals surface area contributed by atoms with E-state index in [1.165, 1.54) is 57.8 Å². The zero-order chi connectivity index (χ0) is 28.3. The van der Waals surface area contributed by atoms with E-state index < -0.39 is 6.56 Å². The van der Waals surface area contributed by atoms with Gasteiger partial charge in [-0.1, -0.05) is 65.5 Å². The Hall–Kier alpha value is -0.420. The van der Waals surface area contributed by atoms with Crippen LogP contribution >= 0.6 is 0 Å². The molecule has 4 aliphatic rings. The molecule has 0 heterocycles. The van der Waals surface area contributed by atoms with Crippen molar-refractivity contribution in [2.75, 3.05) is 39.6 Å². The Morgan fingerprint density at radius 1 is 0.946 bits per heavy atom. The highest BCUT2D eigenvalue weighted by molar-refractivity contribution is 5.25. The van der Waals surface area contributed by atoms with Gasteiger partial charge in [-0.05, 0) is 97.7 Å². The third kappa shape index (κ3) is 6.67. The van der Waals surface area contributed by atoms with Crippen LogP contribution < -0.4 is 0 Å². The van der Waals surface area contributed by atoms with Gasteiger partial charge in [0.25, 0.3) is 0 Å². The minimum absolute atomic E-state index is 0.273. The predicted octanol–water partition coefficient (Wildman–Crippen LogP) is 7.44. The Labute approximate surface area is 231 Å². The molecule has 4 nitrogen and oxygen atoms in total. The lowest BCUT2D eigenvalue weighted by Gasteiger charge is -2.58. The Morgan fingerprint density at radius 2 is 1.70 bits per heavy atom. The van der Waals surface area contributed by atoms with Crippen molar-refractivity contribution in [3.05, 3.63) is 11.6 Å². The fourth-order valence-electron chi connectivity index (χ4n) is 9.41. The van der Waals surface area contributed by atoms with Crippen LogP contribution in [-0.4, -0.2) is 50.8 Å². The van der Waals surface area contributed by atoms with Crippen LogP contribution in [-0.2, 0) is 14.2 Å². The van der Waals surface area contributed by atoms with Crippen LogP contribution in [0.3, 0.4) is 0 Å². The zero-order valence-corrected chi connectivity index (χ0v) is 24.6. The minimum atomic E-state index is -2.28. The van der Waals surface area contributed by atoms with Crippen LogP contribution in [0.5, 0.6) is 0 Å². The molecule has 0 aromatic rings. The Balaban J connectivity index is 1.25. The van der Waals surface area contributed by atoms with Gasteiger partial charge in [-0.15, -0.1) is 0 Å². The molecule has 8 atom stereocenters. The standard InChI is InChI=1S/C33H58O4/c1-24(2)7-6-8-25(3)29-11-12-30-28-10-9-26-23-27(37-22-21-36-20-19-35-18-17-34)13-15-32(26,4)31(28)14-16-33(29,30)5/h9,24-25,27-31,34H,6-8,10-23H2,1-5H3/t25-,27+,28+,29-,30+,31+,32+,33-/m1/s1/i17D2. The molecule has 214 valence electrons. The highest BCUT2D eigenvalue weighted by Gasteiger charge is 2.59. The van der Waals surface area contributed by atoms with Crippen molar-refractivity contribution in [3.63, 3.8) is 0 Å². The molecule has 0 unspecified atom stereocenters. The van der Waals surface area contributed by atoms with Gasteiger partial charge < -0.3 is 19.3 Å². The van der Waals surface area contributed by atoms with Crippen molar-refractivity contribution in [3.8, 4) is 0 Å². The smallest absolute Gasteiger partial charge is 0.0704 e. The van der Waals surface area contributed by atoms with Crippen molar-refractivity contribution in [1.29, 1.82) is 0 Å². The first-order chi connectivity index (χ1) is 18.4. The molecule has 0 aliphatic heterocycles. The highest BCUT2D eigenvalue weighted by atomic mass is 16.5. The van der Waals surface area contributed by atoms with Crippen LogP contribution in [0.1, 0.15) is 108 Å². The monoisotopic (exact) mass is 520 g/mol. The van der Waals surface area contributed by atoms with Gasteiger partial charge in [0.05, 0.1) is 48.4 Å². The number of allylic oxidation sites excluding steroid dienone is 1. The summed E-state index contributed by atoms with van der Waals surface area (Å²) in [5.74, 6) is 5.26. The van der Waals surface area contributed by atoms with Gasteiger partial charge in [0.1, 0.15) is 0 Å². The summed E-state index contributed by atoms with van der Waals surface area (Å²) in [4.78, 5) is 0. The SMILES string of the molecule is [2H]C([2H])(O)COCCOCCO[C@H]1CC[C@@]2(C)C(=CC[C@H]3[C@@H]4CC[C@H]([C@H](C)CCCC(C)C)[C@@]4(C)CC[C@@H]32)C1. The topological polar surface area (TPSA) is 47.9 Å². The molecular formula is C33H58O4. The molecule has 0 aromatic carbocycles. The summed E-state index contributed by atoms with van der Waals surface area (Å²) in [6, 6.07) is 0. The lowest BCUT2D eigenvalue weighted by Crippen LogP contribution is -2.51. The fraction of sp³-hybridized carbons (Fsp3) is 0.939. The first-order valence-electron chi connectivity index (χ1n) is 16.6. The second kappa shape index (κ2) is 13.3. The fourth-order valence-corrected chi connectivity index (χ4v) is 9.41. The lowest BCUT2D eigenvalue weighted by atomic mass is 9.47. The number of fused-ring (bicyclic) bond motifs is 5. The van der Waals surface area contributed by atoms with Crippen LogP contribution in [0.15, 0.2) is 11.6 Å². The van der Waals surface area contributed by atoms with Crippen molar-refractivity contribution < 1.29 is 22.1 Å². The van der Waals surface area contributed by atoms with E-state index in [0.29, 0.717) is 36.8 Å². The van der Waals surface area contributed by atoms with Crippen LogP contribution in [0, 0.1) is 46.3 Å². The number of rotatable bonds is 14. The van der Waals surface area contributed by atoms with Crippen molar-refractivity contribution in [2.45, 2.75) is 111 Å². The largest absolute Gasteiger partial charge is 0.394 e. The molecule has 0 amide bonds. The highest BCUT2D eigenvalue weighted by Crippen LogP contribution is 2.67. The average molecular weight is 521 g/mol. The summed E-state index contributed by atoms with van der Waals surface area (Å²) >= 11 is 0. The van der Waals surface area contributed by atoms with Crippen LogP contribution in [0.2, 0.25) is 0 Å². The summed E-state index contributed by atoms with van der Waals surface area (Å²) < 4.78 is 31.0. The second-order valence-corrected chi connectivity index (χ2v) is 13.8. The maximum Gasteiger partial charge on any atom is 0.0704 e. The average Bonchev–Trinajstić information content (AvgIpc) is 3.22. The van der Waals surface area contributed by atoms with Crippen molar-refractivity contribution in [2.24, 2.45) is 46.3 Å². The number of hydrogen-bond acceptors (Lipinski definition) is 4. The Kier molecular flexibility index (Phi) is 9.62. The first kappa shape index (κ1) is 26.8. The van der Waals surface area contributed by atoms with Crippen LogP contribution in [0.25, 0.3) is 0 Å². The van der Waals surface area contributed by atoms with E-state index >= 15 is 0 Å². The normalized spacial score (nSPS) is 39.3. The van der Waals surface area contributed by atoms with Crippen molar-refractivity contribution in [1.82, 2.24) is 0 Å². The molecule has 0 aromatic heterocycles. The molecule has 0 spiro atoms. The number of aliphatic hydroxyl groups is 1. The van der Waals surface area contributed by atoms with Gasteiger partial charge in [-0.25, -0.2) is 0 Å². The molecule has 3 fully saturated rings. The van der Waals surface area contributed by atoms with E-state index in [2.05, 4.69) is 40.7 Å². The summed E-state index contributed by atoms with van der Waals surface area (Å²) in [5, 5.41) is 9.03. The van der Waals surface area contributed by atoms with E-state index in [1.54, 1.807) is 5.57 Å². The molecule has 4 rings (SSSR count). The quantitative estimate of drug-likeness (QED) is 0.191. The first-order valence-corrected chi connectivity index (χ1v) is 15.6. The molecule has 1 N–H and O–H groups in total. The third-order valence-electron chi connectivity index (χ3n) is 11.4. The van der Waals surface area contributed by atoms with E-state index in [9.17, 15) is 0 Å². The molecule has 4 aliphatic carbocycles. The number of hydrogen-bond donors (Lipinski definition) is 1. The Bertz CT molecular complexity index is 810. The summed E-state index contributed by atoms with van der Waals surface area (Å²) in [7, 11) is 0. The van der Waals surface area contributed by atoms with E-state index in [0.717, 1.165) is 48.3 Å². The molecule has 0 bridgehead atoms. The van der Waals surface area contributed by atoms with Crippen LogP contribution in [0.4, 0.5) is 0 Å². The van der Waals surface area contributed by atoms with Gasteiger partial charge in [0.2, 0.25) is 0 Å².